The topological polar surface area (TPSA) is 55.0 Å². The van der Waals surface area contributed by atoms with Crippen molar-refractivity contribution in [1.82, 2.24) is 9.97 Å². The molecule has 19 heavy (non-hydrogen) atoms. The molecule has 1 fully saturated rings. The molecule has 1 aromatic heterocycles. The molecule has 4 heteroatoms. The summed E-state index contributed by atoms with van der Waals surface area (Å²) in [4.78, 5) is 11.0. The average Bonchev–Trinajstić information content (AvgIpc) is 3.22. The lowest BCUT2D eigenvalue weighted by Crippen LogP contribution is -2.08. The van der Waals surface area contributed by atoms with E-state index in [-0.39, 0.29) is 0 Å². The Morgan fingerprint density at radius 3 is 2.37 bits per heavy atom. The lowest BCUT2D eigenvalue weighted by Gasteiger charge is -2.12. The smallest absolute Gasteiger partial charge is 0.161 e. The normalized spacial score (nSPS) is 14.4. The second kappa shape index (κ2) is 4.53. The first-order chi connectivity index (χ1) is 9.13. The van der Waals surface area contributed by atoms with Crippen molar-refractivity contribution in [2.45, 2.75) is 18.8 Å². The summed E-state index contributed by atoms with van der Waals surface area (Å²) in [6.07, 6.45) is 2.44. The Balaban J connectivity index is 1.96. The van der Waals surface area contributed by atoms with Crippen LogP contribution in [0.15, 0.2) is 30.3 Å². The first-order valence-electron chi connectivity index (χ1n) is 6.56. The summed E-state index contributed by atoms with van der Waals surface area (Å²) in [6, 6.07) is 10.1. The van der Waals surface area contributed by atoms with Crippen LogP contribution >= 0.6 is 0 Å². The molecule has 0 spiro atoms. The van der Waals surface area contributed by atoms with Crippen LogP contribution in [0.2, 0.25) is 0 Å². The molecule has 98 valence electrons. The Morgan fingerprint density at radius 2 is 1.79 bits per heavy atom. The summed E-state index contributed by atoms with van der Waals surface area (Å²) in [5.41, 5.74) is 9.14. The van der Waals surface area contributed by atoms with Crippen molar-refractivity contribution in [2.24, 2.45) is 0 Å². The number of hydrogen-bond donors (Lipinski definition) is 1. The van der Waals surface area contributed by atoms with Crippen LogP contribution in [0.4, 0.5) is 11.5 Å². The largest absolute Gasteiger partial charge is 0.384 e. The van der Waals surface area contributed by atoms with Crippen LogP contribution in [-0.2, 0) is 0 Å². The lowest BCUT2D eigenvalue weighted by atomic mass is 10.1. The molecule has 2 aromatic rings. The molecule has 1 aliphatic rings. The Hall–Kier alpha value is -2.10. The Labute approximate surface area is 113 Å². The van der Waals surface area contributed by atoms with Crippen LogP contribution in [0.3, 0.4) is 0 Å². The Bertz CT molecular complexity index is 586. The zero-order valence-corrected chi connectivity index (χ0v) is 11.3. The van der Waals surface area contributed by atoms with Gasteiger partial charge in [0.05, 0.1) is 0 Å². The molecule has 0 bridgehead atoms. The number of hydrogen-bond acceptors (Lipinski definition) is 4. The molecule has 0 atom stereocenters. The Kier molecular flexibility index (Phi) is 2.85. The summed E-state index contributed by atoms with van der Waals surface area (Å²) in [6.45, 7) is 0. The van der Waals surface area contributed by atoms with Gasteiger partial charge in [0, 0.05) is 43.0 Å². The van der Waals surface area contributed by atoms with Crippen molar-refractivity contribution in [2.75, 3.05) is 24.7 Å². The van der Waals surface area contributed by atoms with E-state index in [2.05, 4.69) is 27.0 Å². The van der Waals surface area contributed by atoms with E-state index in [4.69, 9.17) is 5.73 Å². The molecule has 0 radical (unpaired) electrons. The van der Waals surface area contributed by atoms with Crippen LogP contribution in [-0.4, -0.2) is 24.1 Å². The highest BCUT2D eigenvalue weighted by atomic mass is 15.1. The van der Waals surface area contributed by atoms with Gasteiger partial charge in [0.15, 0.2) is 5.82 Å². The van der Waals surface area contributed by atoms with Gasteiger partial charge in [0.25, 0.3) is 0 Å². The minimum Gasteiger partial charge on any atom is -0.384 e. The summed E-state index contributed by atoms with van der Waals surface area (Å²) < 4.78 is 0. The highest BCUT2D eigenvalue weighted by Crippen LogP contribution is 2.39. The number of rotatable bonds is 3. The van der Waals surface area contributed by atoms with E-state index >= 15 is 0 Å². The molecule has 0 aliphatic heterocycles. The van der Waals surface area contributed by atoms with Gasteiger partial charge in [-0.15, -0.1) is 0 Å². The monoisotopic (exact) mass is 254 g/mol. The predicted octanol–water partition coefficient (Wildman–Crippen LogP) is 2.67. The third-order valence-electron chi connectivity index (χ3n) is 3.40. The molecule has 0 amide bonds. The molecular weight excluding hydrogens is 236 g/mol. The molecule has 1 heterocycles. The second-order valence-electron chi connectivity index (χ2n) is 5.26. The summed E-state index contributed by atoms with van der Waals surface area (Å²) in [5.74, 6) is 1.88. The fraction of sp³-hybridized carbons (Fsp3) is 0.333. The first kappa shape index (κ1) is 12.0. The van der Waals surface area contributed by atoms with Gasteiger partial charge in [0.2, 0.25) is 0 Å². The fourth-order valence-electron chi connectivity index (χ4n) is 2.11. The van der Waals surface area contributed by atoms with Gasteiger partial charge in [-0.05, 0) is 37.1 Å². The van der Waals surface area contributed by atoms with E-state index < -0.39 is 0 Å². The van der Waals surface area contributed by atoms with Crippen LogP contribution in [0.25, 0.3) is 11.4 Å². The molecule has 2 N–H and O–H groups in total. The minimum absolute atomic E-state index is 0.559. The average molecular weight is 254 g/mol. The molecule has 1 aliphatic carbocycles. The molecular formula is C15H18N4. The van der Waals surface area contributed by atoms with E-state index in [1.165, 1.54) is 12.8 Å². The summed E-state index contributed by atoms with van der Waals surface area (Å²) in [7, 11) is 4.05. The zero-order chi connectivity index (χ0) is 13.4. The second-order valence-corrected chi connectivity index (χ2v) is 5.26. The van der Waals surface area contributed by atoms with E-state index in [0.29, 0.717) is 11.7 Å². The van der Waals surface area contributed by atoms with Crippen molar-refractivity contribution >= 4 is 11.5 Å². The molecule has 1 aromatic carbocycles. The maximum Gasteiger partial charge on any atom is 0.161 e. The summed E-state index contributed by atoms with van der Waals surface area (Å²) >= 11 is 0. The molecule has 0 unspecified atom stereocenters. The number of benzene rings is 1. The lowest BCUT2D eigenvalue weighted by molar-refractivity contribution is 0.998. The van der Waals surface area contributed by atoms with Crippen LogP contribution in [0.5, 0.6) is 0 Å². The third kappa shape index (κ3) is 2.52. The zero-order valence-electron chi connectivity index (χ0n) is 11.3. The van der Waals surface area contributed by atoms with Crippen LogP contribution < -0.4 is 10.6 Å². The van der Waals surface area contributed by atoms with Gasteiger partial charge in [0.1, 0.15) is 5.82 Å². The minimum atomic E-state index is 0.559. The SMILES string of the molecule is CN(C)c1ccc(-c2nc(N)cc(C3CC3)n2)cc1. The van der Waals surface area contributed by atoms with Gasteiger partial charge in [-0.25, -0.2) is 9.97 Å². The number of nitrogen functional groups attached to an aromatic ring is 1. The maximum atomic E-state index is 5.88. The predicted molar refractivity (Wildman–Crippen MR) is 78.2 cm³/mol. The van der Waals surface area contributed by atoms with Crippen molar-refractivity contribution in [3.8, 4) is 11.4 Å². The number of nitrogens with zero attached hydrogens (tertiary/aromatic N) is 3. The van der Waals surface area contributed by atoms with E-state index in [9.17, 15) is 0 Å². The standard InChI is InChI=1S/C15H18N4/c1-19(2)12-7-5-11(6-8-12)15-17-13(10-3-4-10)9-14(16)18-15/h5-10H,3-4H2,1-2H3,(H2,16,17,18). The highest BCUT2D eigenvalue weighted by Gasteiger charge is 2.26. The molecule has 0 saturated heterocycles. The maximum absolute atomic E-state index is 5.88. The first-order valence-corrected chi connectivity index (χ1v) is 6.56. The van der Waals surface area contributed by atoms with Crippen molar-refractivity contribution in [1.29, 1.82) is 0 Å². The molecule has 1 saturated carbocycles. The van der Waals surface area contributed by atoms with Crippen molar-refractivity contribution < 1.29 is 0 Å². The van der Waals surface area contributed by atoms with E-state index in [0.717, 1.165) is 22.8 Å². The van der Waals surface area contributed by atoms with E-state index in [1.54, 1.807) is 0 Å². The summed E-state index contributed by atoms with van der Waals surface area (Å²) in [5, 5.41) is 0. The van der Waals surface area contributed by atoms with Crippen LogP contribution in [0, 0.1) is 0 Å². The van der Waals surface area contributed by atoms with Crippen molar-refractivity contribution in [3.05, 3.63) is 36.0 Å². The number of anilines is 2. The van der Waals surface area contributed by atoms with Crippen molar-refractivity contribution in [3.63, 3.8) is 0 Å². The van der Waals surface area contributed by atoms with Gasteiger partial charge < -0.3 is 10.6 Å². The number of nitrogens with two attached hydrogens (primary N) is 1. The van der Waals surface area contributed by atoms with Gasteiger partial charge >= 0.3 is 0 Å². The van der Waals surface area contributed by atoms with Gasteiger partial charge in [-0.1, -0.05) is 0 Å². The fourth-order valence-corrected chi connectivity index (χ4v) is 2.11. The van der Waals surface area contributed by atoms with Gasteiger partial charge in [-0.3, -0.25) is 0 Å². The van der Waals surface area contributed by atoms with Crippen LogP contribution in [0.1, 0.15) is 24.5 Å². The molecule has 3 rings (SSSR count). The molecule has 4 nitrogen and oxygen atoms in total. The van der Waals surface area contributed by atoms with E-state index in [1.807, 2.05) is 32.3 Å². The van der Waals surface area contributed by atoms with Gasteiger partial charge in [-0.2, -0.15) is 0 Å². The third-order valence-corrected chi connectivity index (χ3v) is 3.40. The highest BCUT2D eigenvalue weighted by molar-refractivity contribution is 5.61. The Morgan fingerprint density at radius 1 is 1.11 bits per heavy atom. The quantitative estimate of drug-likeness (QED) is 0.915. The number of aromatic nitrogens is 2.